The molecule has 0 N–H and O–H groups in total. The molecule has 206 valence electrons. The number of benzene rings is 3. The van der Waals surface area contributed by atoms with Gasteiger partial charge in [-0.1, -0.05) is 36.4 Å². The molecule has 0 aromatic heterocycles. The third-order valence-corrected chi connectivity index (χ3v) is 9.85. The summed E-state index contributed by atoms with van der Waals surface area (Å²) in [6.07, 6.45) is 0. The van der Waals surface area contributed by atoms with Crippen LogP contribution in [-0.2, 0) is 47.5 Å². The Hall–Kier alpha value is -2.98. The van der Waals surface area contributed by atoms with Gasteiger partial charge in [-0.3, -0.25) is 12.5 Å². The van der Waals surface area contributed by atoms with E-state index < -0.39 is 70.1 Å². The van der Waals surface area contributed by atoms with Gasteiger partial charge in [-0.25, -0.2) is 0 Å². The molecule has 38 heavy (non-hydrogen) atoms. The molecule has 0 spiro atoms. The highest BCUT2D eigenvalue weighted by molar-refractivity contribution is 7.87. The molecule has 0 atom stereocenters. The van der Waals surface area contributed by atoms with Crippen molar-refractivity contribution in [1.82, 2.24) is 0 Å². The van der Waals surface area contributed by atoms with E-state index in [2.05, 4.69) is 12.5 Å². The van der Waals surface area contributed by atoms with Gasteiger partial charge in [-0.15, -0.1) is 0 Å². The van der Waals surface area contributed by atoms with Crippen LogP contribution < -0.4 is 13.6 Å². The molecular weight excluding hydrogens is 587 g/mol. The summed E-state index contributed by atoms with van der Waals surface area (Å²) in [7, 11) is -15.7. The van der Waals surface area contributed by atoms with E-state index in [4.69, 9.17) is 13.6 Å². The second-order valence-electron chi connectivity index (χ2n) is 6.92. The molecular formula is C21H21O13PS3. The van der Waals surface area contributed by atoms with Crippen LogP contribution in [0.25, 0.3) is 0 Å². The highest BCUT2D eigenvalue weighted by Crippen LogP contribution is 2.53. The first-order valence-corrected chi connectivity index (χ1v) is 15.8. The predicted molar refractivity (Wildman–Crippen MR) is 131 cm³/mol. The first kappa shape index (κ1) is 29.6. The molecule has 13 nitrogen and oxygen atoms in total. The van der Waals surface area contributed by atoms with E-state index in [0.29, 0.717) is 0 Å². The smallest absolute Gasteiger partial charge is 0.384 e. The van der Waals surface area contributed by atoms with Gasteiger partial charge in [0, 0.05) is 0 Å². The van der Waals surface area contributed by atoms with Crippen molar-refractivity contribution >= 4 is 38.2 Å². The molecule has 3 aromatic rings. The Kier molecular flexibility index (Phi) is 8.88. The normalized spacial score (nSPS) is 12.6. The van der Waals surface area contributed by atoms with Gasteiger partial charge < -0.3 is 13.6 Å². The maximum atomic E-state index is 14.1. The third-order valence-electron chi connectivity index (χ3n) is 4.64. The van der Waals surface area contributed by atoms with Crippen molar-refractivity contribution in [2.24, 2.45) is 0 Å². The van der Waals surface area contributed by atoms with Crippen molar-refractivity contribution in [3.8, 4) is 17.2 Å². The lowest BCUT2D eigenvalue weighted by Gasteiger charge is -2.22. The molecule has 0 aliphatic heterocycles. The van der Waals surface area contributed by atoms with Gasteiger partial charge in [-0.2, -0.15) is 29.8 Å². The van der Waals surface area contributed by atoms with Crippen LogP contribution in [0.15, 0.2) is 87.5 Å². The van der Waals surface area contributed by atoms with Crippen molar-refractivity contribution in [3.05, 3.63) is 72.8 Å². The second kappa shape index (κ2) is 11.4. The minimum Gasteiger partial charge on any atom is -0.384 e. The number of phosphoric ester groups is 1. The zero-order chi connectivity index (χ0) is 28.2. The quantitative estimate of drug-likeness (QED) is 0.216. The summed E-state index contributed by atoms with van der Waals surface area (Å²) in [5, 5.41) is 0. The molecule has 0 saturated heterocycles. The largest absolute Gasteiger partial charge is 0.647 e. The Balaban J connectivity index is 2.22. The van der Waals surface area contributed by atoms with Crippen LogP contribution in [0.5, 0.6) is 17.2 Å². The molecule has 3 rings (SSSR count). The average molecular weight is 609 g/mol. The number of hydrogen-bond acceptors (Lipinski definition) is 13. The minimum atomic E-state index is -5.17. The third kappa shape index (κ3) is 6.53. The molecule has 0 amide bonds. The van der Waals surface area contributed by atoms with E-state index in [1.165, 1.54) is 36.4 Å². The van der Waals surface area contributed by atoms with Crippen LogP contribution >= 0.6 is 7.82 Å². The fourth-order valence-corrected chi connectivity index (χ4v) is 6.72. The number of phosphoric acid groups is 1. The maximum Gasteiger partial charge on any atom is 0.647 e. The molecule has 0 aliphatic rings. The van der Waals surface area contributed by atoms with E-state index in [9.17, 15) is 29.8 Å². The number of para-hydroxylation sites is 3. The van der Waals surface area contributed by atoms with Crippen molar-refractivity contribution in [2.45, 2.75) is 14.7 Å². The average Bonchev–Trinajstić information content (AvgIpc) is 2.89. The van der Waals surface area contributed by atoms with E-state index in [1.807, 2.05) is 0 Å². The van der Waals surface area contributed by atoms with Crippen LogP contribution in [0, 0.1) is 0 Å². The van der Waals surface area contributed by atoms with Gasteiger partial charge in [0.05, 0.1) is 21.3 Å². The fraction of sp³-hybridized carbons (Fsp3) is 0.143. The Morgan fingerprint density at radius 2 is 0.711 bits per heavy atom. The second-order valence-corrected chi connectivity index (χ2v) is 13.4. The summed E-state index contributed by atoms with van der Waals surface area (Å²) in [4.78, 5) is -1.73. The van der Waals surface area contributed by atoms with Gasteiger partial charge >= 0.3 is 7.82 Å². The van der Waals surface area contributed by atoms with Crippen molar-refractivity contribution in [2.75, 3.05) is 21.3 Å². The first-order valence-electron chi connectivity index (χ1n) is 10.2. The molecule has 0 saturated carbocycles. The molecule has 3 aromatic carbocycles. The fourth-order valence-electron chi connectivity index (χ4n) is 2.88. The lowest BCUT2D eigenvalue weighted by Crippen LogP contribution is -2.14. The molecule has 0 fully saturated rings. The van der Waals surface area contributed by atoms with Gasteiger partial charge in [0.15, 0.2) is 17.2 Å². The topological polar surface area (TPSA) is 175 Å². The summed E-state index contributed by atoms with van der Waals surface area (Å²) in [6.45, 7) is 0. The van der Waals surface area contributed by atoms with Crippen LogP contribution in [0.3, 0.4) is 0 Å². The predicted octanol–water partition coefficient (Wildman–Crippen LogP) is 3.34. The molecule has 0 bridgehead atoms. The monoisotopic (exact) mass is 608 g/mol. The summed E-state index contributed by atoms with van der Waals surface area (Å²) < 4.78 is 118. The van der Waals surface area contributed by atoms with Gasteiger partial charge in [-0.05, 0) is 36.4 Å². The van der Waals surface area contributed by atoms with Crippen molar-refractivity contribution in [3.63, 3.8) is 0 Å². The van der Waals surface area contributed by atoms with E-state index in [-0.39, 0.29) is 0 Å². The molecule has 17 heteroatoms. The molecule has 0 aliphatic carbocycles. The lowest BCUT2D eigenvalue weighted by atomic mass is 10.3. The number of rotatable bonds is 12. The molecule has 0 unspecified atom stereocenters. The highest BCUT2D eigenvalue weighted by atomic mass is 32.2. The summed E-state index contributed by atoms with van der Waals surface area (Å²) >= 11 is 0. The molecule has 0 heterocycles. The minimum absolute atomic E-state index is 0.572. The van der Waals surface area contributed by atoms with E-state index in [1.54, 1.807) is 0 Å². The standard InChI is InChI=1S/C21H21O13PS3/c1-29-36(23,24)19-13-7-4-10-16(19)32-35(22,33-17-11-5-8-14-20(17)37(25,26)30-2)34-18-12-6-9-15-21(18)38(27,28)31-3/h4-15H,1-3H3. The van der Waals surface area contributed by atoms with Crippen LogP contribution in [-0.4, -0.2) is 46.6 Å². The van der Waals surface area contributed by atoms with Gasteiger partial charge in [0.25, 0.3) is 30.4 Å². The summed E-state index contributed by atoms with van der Waals surface area (Å²) in [5.74, 6) is -1.72. The Morgan fingerprint density at radius 3 is 0.947 bits per heavy atom. The Bertz CT molecular complexity index is 1490. The molecule has 0 radical (unpaired) electrons. The zero-order valence-electron chi connectivity index (χ0n) is 19.9. The Morgan fingerprint density at radius 1 is 0.474 bits per heavy atom. The summed E-state index contributed by atoms with van der Waals surface area (Å²) in [6, 6.07) is 14.5. The number of hydrogen-bond donors (Lipinski definition) is 0. The van der Waals surface area contributed by atoms with Crippen LogP contribution in [0.4, 0.5) is 0 Å². The van der Waals surface area contributed by atoms with Crippen LogP contribution in [0.1, 0.15) is 0 Å². The summed E-state index contributed by atoms with van der Waals surface area (Å²) in [5.41, 5.74) is 0. The highest BCUT2D eigenvalue weighted by Gasteiger charge is 2.39. The SMILES string of the molecule is COS(=O)(=O)c1ccccc1OP(=O)(Oc1ccccc1S(=O)(=O)OC)Oc1ccccc1S(=O)(=O)OC. The van der Waals surface area contributed by atoms with Crippen LogP contribution in [0.2, 0.25) is 0 Å². The zero-order valence-corrected chi connectivity index (χ0v) is 23.3. The first-order chi connectivity index (χ1) is 17.8. The van der Waals surface area contributed by atoms with Gasteiger partial charge in [0.1, 0.15) is 14.7 Å². The maximum absolute atomic E-state index is 14.1. The van der Waals surface area contributed by atoms with Crippen molar-refractivity contribution in [1.29, 1.82) is 0 Å². The van der Waals surface area contributed by atoms with Gasteiger partial charge in [0.2, 0.25) is 0 Å². The van der Waals surface area contributed by atoms with E-state index in [0.717, 1.165) is 57.7 Å². The lowest BCUT2D eigenvalue weighted by molar-refractivity contribution is 0.289. The Labute approximate surface area is 219 Å². The van der Waals surface area contributed by atoms with Crippen molar-refractivity contribution < 1.29 is 55.9 Å². The van der Waals surface area contributed by atoms with E-state index >= 15 is 0 Å².